The number of anilines is 2. The van der Waals surface area contributed by atoms with Crippen molar-refractivity contribution in [3.63, 3.8) is 0 Å². The first-order valence-electron chi connectivity index (χ1n) is 6.66. The first-order chi connectivity index (χ1) is 8.91. The smallest absolute Gasteiger partial charge is 0.399 e. The van der Waals surface area contributed by atoms with Gasteiger partial charge in [0.25, 0.3) is 0 Å². The lowest BCUT2D eigenvalue weighted by Gasteiger charge is -2.37. The van der Waals surface area contributed by atoms with E-state index in [1.807, 2.05) is 0 Å². The highest BCUT2D eigenvalue weighted by atomic mass is 19.4. The van der Waals surface area contributed by atoms with Crippen LogP contribution in [0.4, 0.5) is 24.5 Å². The molecule has 2 N–H and O–H groups in total. The number of nitrogen functional groups attached to an aromatic ring is 1. The van der Waals surface area contributed by atoms with Gasteiger partial charge in [-0.2, -0.15) is 13.2 Å². The minimum absolute atomic E-state index is 0.172. The number of nitrogens with zero attached hydrogens (tertiary/aromatic N) is 1. The summed E-state index contributed by atoms with van der Waals surface area (Å²) in [6, 6.07) is 4.17. The zero-order valence-corrected chi connectivity index (χ0v) is 11.0. The third kappa shape index (κ3) is 3.14. The van der Waals surface area contributed by atoms with E-state index < -0.39 is 11.7 Å². The van der Waals surface area contributed by atoms with Crippen molar-refractivity contribution >= 4 is 11.4 Å². The molecule has 106 valence electrons. The molecule has 0 aliphatic carbocycles. The topological polar surface area (TPSA) is 29.3 Å². The van der Waals surface area contributed by atoms with E-state index in [2.05, 4.69) is 11.8 Å². The Morgan fingerprint density at radius 3 is 2.63 bits per heavy atom. The molecule has 1 aromatic carbocycles. The van der Waals surface area contributed by atoms with Gasteiger partial charge >= 0.3 is 6.18 Å². The quantitative estimate of drug-likeness (QED) is 0.823. The van der Waals surface area contributed by atoms with Gasteiger partial charge in [-0.1, -0.05) is 6.92 Å². The summed E-state index contributed by atoms with van der Waals surface area (Å²) in [6.45, 7) is 2.87. The zero-order chi connectivity index (χ0) is 14.0. The minimum atomic E-state index is -4.35. The summed E-state index contributed by atoms with van der Waals surface area (Å²) in [6.07, 6.45) is -0.208. The summed E-state index contributed by atoms with van der Waals surface area (Å²) < 4.78 is 38.5. The fraction of sp³-hybridized carbons (Fsp3) is 0.571. The molecule has 0 radical (unpaired) electrons. The van der Waals surface area contributed by atoms with Crippen LogP contribution in [0.2, 0.25) is 0 Å². The van der Waals surface area contributed by atoms with Gasteiger partial charge in [0.15, 0.2) is 0 Å². The van der Waals surface area contributed by atoms with Gasteiger partial charge in [-0.3, -0.25) is 0 Å². The van der Waals surface area contributed by atoms with Crippen LogP contribution in [-0.2, 0) is 6.18 Å². The van der Waals surface area contributed by atoms with Gasteiger partial charge in [-0.15, -0.1) is 0 Å². The summed E-state index contributed by atoms with van der Waals surface area (Å²) in [7, 11) is 0. The molecular formula is C14H19F3N2. The maximum Gasteiger partial charge on any atom is 0.416 e. The van der Waals surface area contributed by atoms with Crippen molar-refractivity contribution in [1.29, 1.82) is 0 Å². The number of piperidine rings is 1. The SMILES string of the molecule is CC[C@H]1CCCCN1c1cc(N)cc(C(F)(F)F)c1. The van der Waals surface area contributed by atoms with Gasteiger partial charge in [0.2, 0.25) is 0 Å². The molecule has 0 spiro atoms. The minimum Gasteiger partial charge on any atom is -0.399 e. The predicted octanol–water partition coefficient (Wildman–Crippen LogP) is 4.06. The average molecular weight is 272 g/mol. The van der Waals surface area contributed by atoms with Crippen LogP contribution in [0.25, 0.3) is 0 Å². The Morgan fingerprint density at radius 1 is 1.26 bits per heavy atom. The van der Waals surface area contributed by atoms with Crippen LogP contribution in [-0.4, -0.2) is 12.6 Å². The van der Waals surface area contributed by atoms with E-state index in [0.29, 0.717) is 11.7 Å². The Morgan fingerprint density at radius 2 is 2.00 bits per heavy atom. The molecule has 2 nitrogen and oxygen atoms in total. The van der Waals surface area contributed by atoms with E-state index in [9.17, 15) is 13.2 Å². The summed E-state index contributed by atoms with van der Waals surface area (Å²) in [5, 5.41) is 0. The van der Waals surface area contributed by atoms with Gasteiger partial charge in [0, 0.05) is 24.0 Å². The molecule has 1 fully saturated rings. The van der Waals surface area contributed by atoms with E-state index in [-0.39, 0.29) is 5.69 Å². The highest BCUT2D eigenvalue weighted by Crippen LogP contribution is 2.35. The van der Waals surface area contributed by atoms with Crippen LogP contribution in [0, 0.1) is 0 Å². The fourth-order valence-electron chi connectivity index (χ4n) is 2.73. The van der Waals surface area contributed by atoms with Crippen molar-refractivity contribution in [2.45, 2.75) is 44.8 Å². The lowest BCUT2D eigenvalue weighted by atomic mass is 9.98. The fourth-order valence-corrected chi connectivity index (χ4v) is 2.73. The van der Waals surface area contributed by atoms with Crippen LogP contribution >= 0.6 is 0 Å². The summed E-state index contributed by atoms with van der Waals surface area (Å²) in [5.74, 6) is 0. The summed E-state index contributed by atoms with van der Waals surface area (Å²) in [4.78, 5) is 2.06. The molecule has 1 aliphatic heterocycles. The molecule has 0 unspecified atom stereocenters. The molecule has 1 atom stereocenters. The Bertz CT molecular complexity index is 443. The van der Waals surface area contributed by atoms with Crippen molar-refractivity contribution in [2.24, 2.45) is 0 Å². The molecule has 5 heteroatoms. The Hall–Kier alpha value is -1.39. The highest BCUT2D eigenvalue weighted by Gasteiger charge is 2.32. The molecule has 0 amide bonds. The van der Waals surface area contributed by atoms with E-state index in [4.69, 9.17) is 5.73 Å². The number of alkyl halides is 3. The predicted molar refractivity (Wildman–Crippen MR) is 71.1 cm³/mol. The Balaban J connectivity index is 2.35. The molecule has 0 saturated carbocycles. The van der Waals surface area contributed by atoms with Crippen LogP contribution in [0.3, 0.4) is 0 Å². The molecule has 1 aliphatic rings. The molecule has 1 saturated heterocycles. The lowest BCUT2D eigenvalue weighted by molar-refractivity contribution is -0.137. The van der Waals surface area contributed by atoms with Crippen molar-refractivity contribution in [3.8, 4) is 0 Å². The second-order valence-corrected chi connectivity index (χ2v) is 5.06. The van der Waals surface area contributed by atoms with Crippen molar-refractivity contribution in [1.82, 2.24) is 0 Å². The van der Waals surface area contributed by atoms with Crippen molar-refractivity contribution in [2.75, 3.05) is 17.2 Å². The molecule has 0 aromatic heterocycles. The molecule has 1 heterocycles. The van der Waals surface area contributed by atoms with E-state index >= 15 is 0 Å². The number of halogens is 3. The van der Waals surface area contributed by atoms with Crippen LogP contribution < -0.4 is 10.6 Å². The Kier molecular flexibility index (Phi) is 3.92. The van der Waals surface area contributed by atoms with E-state index in [1.165, 1.54) is 6.07 Å². The first kappa shape index (κ1) is 14.0. The number of hydrogen-bond donors (Lipinski definition) is 1. The normalized spacial score (nSPS) is 20.6. The molecule has 19 heavy (non-hydrogen) atoms. The van der Waals surface area contributed by atoms with Gasteiger partial charge in [-0.25, -0.2) is 0 Å². The van der Waals surface area contributed by atoms with Gasteiger partial charge in [-0.05, 0) is 43.9 Å². The molecule has 0 bridgehead atoms. The first-order valence-corrected chi connectivity index (χ1v) is 6.66. The molecule has 1 aromatic rings. The second kappa shape index (κ2) is 5.31. The third-order valence-corrected chi connectivity index (χ3v) is 3.70. The standard InChI is InChI=1S/C14H19F3N2/c1-2-12-5-3-4-6-19(12)13-8-10(14(15,16)17)7-11(18)9-13/h7-9,12H,2-6,18H2,1H3/t12-/m0/s1. The monoisotopic (exact) mass is 272 g/mol. The number of hydrogen-bond acceptors (Lipinski definition) is 2. The summed E-state index contributed by atoms with van der Waals surface area (Å²) >= 11 is 0. The number of benzene rings is 1. The average Bonchev–Trinajstić information content (AvgIpc) is 2.37. The number of rotatable bonds is 2. The highest BCUT2D eigenvalue weighted by molar-refractivity contribution is 5.59. The third-order valence-electron chi connectivity index (χ3n) is 3.70. The van der Waals surface area contributed by atoms with E-state index in [1.54, 1.807) is 6.07 Å². The van der Waals surface area contributed by atoms with Crippen LogP contribution in [0.1, 0.15) is 38.2 Å². The maximum atomic E-state index is 12.8. The number of nitrogens with two attached hydrogens (primary N) is 1. The van der Waals surface area contributed by atoms with Crippen molar-refractivity contribution < 1.29 is 13.2 Å². The zero-order valence-electron chi connectivity index (χ0n) is 11.0. The van der Waals surface area contributed by atoms with Gasteiger partial charge in [0.05, 0.1) is 5.56 Å². The van der Waals surface area contributed by atoms with Gasteiger partial charge in [0.1, 0.15) is 0 Å². The van der Waals surface area contributed by atoms with Crippen LogP contribution in [0.5, 0.6) is 0 Å². The maximum absolute atomic E-state index is 12.8. The summed E-state index contributed by atoms with van der Waals surface area (Å²) in [5.41, 5.74) is 5.73. The van der Waals surface area contributed by atoms with E-state index in [0.717, 1.165) is 38.3 Å². The largest absolute Gasteiger partial charge is 0.416 e. The second-order valence-electron chi connectivity index (χ2n) is 5.06. The van der Waals surface area contributed by atoms with Crippen LogP contribution in [0.15, 0.2) is 18.2 Å². The van der Waals surface area contributed by atoms with Gasteiger partial charge < -0.3 is 10.6 Å². The Labute approximate surface area is 111 Å². The molecular weight excluding hydrogens is 253 g/mol. The lowest BCUT2D eigenvalue weighted by Crippen LogP contribution is -2.39. The van der Waals surface area contributed by atoms with Crippen molar-refractivity contribution in [3.05, 3.63) is 23.8 Å². The molecule has 2 rings (SSSR count).